The first kappa shape index (κ1) is 16.1. The van der Waals surface area contributed by atoms with Gasteiger partial charge in [-0.3, -0.25) is 4.90 Å². The summed E-state index contributed by atoms with van der Waals surface area (Å²) in [5, 5.41) is 10.1. The molecule has 21 heavy (non-hydrogen) atoms. The highest BCUT2D eigenvalue weighted by Crippen LogP contribution is 2.15. The third kappa shape index (κ3) is 5.53. The second kappa shape index (κ2) is 8.22. The summed E-state index contributed by atoms with van der Waals surface area (Å²) in [5.41, 5.74) is 6.33. The monoisotopic (exact) mass is 294 g/mol. The number of hydrogen-bond donors (Lipinski definition) is 2. The van der Waals surface area contributed by atoms with Crippen LogP contribution in [0.3, 0.4) is 0 Å². The molecule has 0 saturated carbocycles. The second-order valence-electron chi connectivity index (χ2n) is 5.51. The number of likely N-dealkylation sites (tertiary alicyclic amines) is 1. The molecule has 1 fully saturated rings. The molecule has 0 spiro atoms. The lowest BCUT2D eigenvalue weighted by Gasteiger charge is -2.33. The molecule has 1 aliphatic heterocycles. The van der Waals surface area contributed by atoms with Crippen molar-refractivity contribution < 1.29 is 14.6 Å². The van der Waals surface area contributed by atoms with Crippen molar-refractivity contribution in [2.45, 2.75) is 32.0 Å². The van der Waals surface area contributed by atoms with Crippen molar-refractivity contribution in [1.29, 1.82) is 0 Å². The van der Waals surface area contributed by atoms with Gasteiger partial charge >= 0.3 is 0 Å². The van der Waals surface area contributed by atoms with Crippen molar-refractivity contribution in [2.75, 3.05) is 38.6 Å². The van der Waals surface area contributed by atoms with Crippen LogP contribution in [-0.2, 0) is 4.74 Å². The number of β-amino-alcohol motifs (C(OH)–C–C–N with tert-alkyl or cyclic N) is 1. The highest BCUT2D eigenvalue weighted by Gasteiger charge is 2.22. The maximum atomic E-state index is 10.1. The lowest BCUT2D eigenvalue weighted by Crippen LogP contribution is -2.44. The predicted octanol–water partition coefficient (Wildman–Crippen LogP) is 1.51. The normalized spacial score (nSPS) is 21.1. The summed E-state index contributed by atoms with van der Waals surface area (Å²) in [6, 6.07) is 7.21. The van der Waals surface area contributed by atoms with E-state index in [0.717, 1.165) is 38.3 Å². The van der Waals surface area contributed by atoms with Gasteiger partial charge in [0.05, 0.1) is 6.10 Å². The Morgan fingerprint density at radius 2 is 2.14 bits per heavy atom. The van der Waals surface area contributed by atoms with E-state index in [1.54, 1.807) is 12.1 Å². The summed E-state index contributed by atoms with van der Waals surface area (Å²) in [5.74, 6) is 0.731. The van der Waals surface area contributed by atoms with Gasteiger partial charge in [-0.25, -0.2) is 0 Å². The molecule has 1 aromatic carbocycles. The number of nitrogen functional groups attached to an aromatic ring is 1. The average molecular weight is 294 g/mol. The van der Waals surface area contributed by atoms with Crippen molar-refractivity contribution in [3.05, 3.63) is 24.3 Å². The van der Waals surface area contributed by atoms with Crippen LogP contribution < -0.4 is 10.5 Å². The van der Waals surface area contributed by atoms with Crippen molar-refractivity contribution in [2.24, 2.45) is 0 Å². The van der Waals surface area contributed by atoms with Crippen LogP contribution in [0.15, 0.2) is 24.3 Å². The van der Waals surface area contributed by atoms with Crippen molar-refractivity contribution >= 4 is 5.69 Å². The minimum absolute atomic E-state index is 0.291. The number of rotatable bonds is 7. The molecule has 0 aliphatic carbocycles. The highest BCUT2D eigenvalue weighted by atomic mass is 16.5. The molecule has 1 aliphatic rings. The molecule has 1 heterocycles. The quantitative estimate of drug-likeness (QED) is 0.746. The molecule has 5 heteroatoms. The number of aliphatic hydroxyl groups is 1. The second-order valence-corrected chi connectivity index (χ2v) is 5.51. The largest absolute Gasteiger partial charge is 0.491 e. The Morgan fingerprint density at radius 3 is 2.86 bits per heavy atom. The molecular formula is C16H26N2O3. The van der Waals surface area contributed by atoms with Crippen molar-refractivity contribution in [3.8, 4) is 5.75 Å². The standard InChI is InChI=1S/C16H26N2O3/c1-2-20-16-4-3-9-18(11-16)10-14(19)12-21-15-7-5-13(17)6-8-15/h5-8,14,16,19H,2-4,9-12,17H2,1H3. The van der Waals surface area contributed by atoms with E-state index in [2.05, 4.69) is 4.90 Å². The van der Waals surface area contributed by atoms with Crippen LogP contribution in [0.5, 0.6) is 5.75 Å². The number of benzene rings is 1. The Kier molecular flexibility index (Phi) is 6.29. The molecule has 5 nitrogen and oxygen atoms in total. The molecule has 2 rings (SSSR count). The number of ether oxygens (including phenoxy) is 2. The number of aliphatic hydroxyl groups excluding tert-OH is 1. The van der Waals surface area contributed by atoms with Crippen molar-refractivity contribution in [1.82, 2.24) is 4.90 Å². The lowest BCUT2D eigenvalue weighted by molar-refractivity contribution is -0.0123. The highest BCUT2D eigenvalue weighted by molar-refractivity contribution is 5.41. The molecule has 118 valence electrons. The van der Waals surface area contributed by atoms with Gasteiger partial charge in [0.1, 0.15) is 18.5 Å². The summed E-state index contributed by atoms with van der Waals surface area (Å²) in [6.45, 7) is 5.60. The van der Waals surface area contributed by atoms with E-state index in [0.29, 0.717) is 24.9 Å². The van der Waals surface area contributed by atoms with Crippen LogP contribution in [-0.4, -0.2) is 55.1 Å². The molecular weight excluding hydrogens is 268 g/mol. The maximum absolute atomic E-state index is 10.1. The van der Waals surface area contributed by atoms with E-state index in [4.69, 9.17) is 15.2 Å². The number of piperidine rings is 1. The summed E-state index contributed by atoms with van der Waals surface area (Å²) < 4.78 is 11.2. The zero-order valence-corrected chi connectivity index (χ0v) is 12.7. The summed E-state index contributed by atoms with van der Waals surface area (Å²) in [7, 11) is 0. The van der Waals surface area contributed by atoms with Crippen LogP contribution in [0.1, 0.15) is 19.8 Å². The molecule has 0 aromatic heterocycles. The van der Waals surface area contributed by atoms with Gasteiger partial charge in [0, 0.05) is 25.4 Å². The van der Waals surface area contributed by atoms with Crippen LogP contribution >= 0.6 is 0 Å². The molecule has 1 saturated heterocycles. The Hall–Kier alpha value is -1.30. The van der Waals surface area contributed by atoms with Gasteiger partial charge in [-0.05, 0) is 50.6 Å². The number of hydrogen-bond acceptors (Lipinski definition) is 5. The molecule has 3 N–H and O–H groups in total. The Morgan fingerprint density at radius 1 is 1.38 bits per heavy atom. The van der Waals surface area contributed by atoms with E-state index in [1.165, 1.54) is 0 Å². The smallest absolute Gasteiger partial charge is 0.119 e. The number of nitrogens with zero attached hydrogens (tertiary/aromatic N) is 1. The van der Waals surface area contributed by atoms with Gasteiger partial charge in [-0.1, -0.05) is 0 Å². The van der Waals surface area contributed by atoms with E-state index in [1.807, 2.05) is 19.1 Å². The molecule has 2 atom stereocenters. The first-order valence-electron chi connectivity index (χ1n) is 7.67. The van der Waals surface area contributed by atoms with Crippen molar-refractivity contribution in [3.63, 3.8) is 0 Å². The minimum atomic E-state index is -0.497. The molecule has 0 radical (unpaired) electrons. The first-order valence-corrected chi connectivity index (χ1v) is 7.67. The van der Waals surface area contributed by atoms with Gasteiger partial charge < -0.3 is 20.3 Å². The topological polar surface area (TPSA) is 68.0 Å². The average Bonchev–Trinajstić information content (AvgIpc) is 2.47. The van der Waals surface area contributed by atoms with Crippen LogP contribution in [0.2, 0.25) is 0 Å². The maximum Gasteiger partial charge on any atom is 0.119 e. The fourth-order valence-electron chi connectivity index (χ4n) is 2.66. The number of anilines is 1. The van der Waals surface area contributed by atoms with Gasteiger partial charge in [0.15, 0.2) is 0 Å². The first-order chi connectivity index (χ1) is 10.2. The van der Waals surface area contributed by atoms with Gasteiger partial charge in [-0.15, -0.1) is 0 Å². The summed E-state index contributed by atoms with van der Waals surface area (Å²) >= 11 is 0. The molecule has 2 unspecified atom stereocenters. The van der Waals surface area contributed by atoms with Crippen LogP contribution in [0, 0.1) is 0 Å². The van der Waals surface area contributed by atoms with Crippen LogP contribution in [0.25, 0.3) is 0 Å². The van der Waals surface area contributed by atoms with Gasteiger partial charge in [0.2, 0.25) is 0 Å². The SMILES string of the molecule is CCOC1CCCN(CC(O)COc2ccc(N)cc2)C1. The third-order valence-electron chi connectivity index (χ3n) is 3.66. The molecule has 1 aromatic rings. The number of nitrogens with two attached hydrogens (primary N) is 1. The zero-order chi connectivity index (χ0) is 15.1. The molecule has 0 amide bonds. The zero-order valence-electron chi connectivity index (χ0n) is 12.7. The minimum Gasteiger partial charge on any atom is -0.491 e. The summed E-state index contributed by atoms with van der Waals surface area (Å²) in [4.78, 5) is 2.25. The fourth-order valence-corrected chi connectivity index (χ4v) is 2.66. The Bertz CT molecular complexity index is 408. The fraction of sp³-hybridized carbons (Fsp3) is 0.625. The predicted molar refractivity (Wildman–Crippen MR) is 83.4 cm³/mol. The van der Waals surface area contributed by atoms with E-state index in [-0.39, 0.29) is 0 Å². The summed E-state index contributed by atoms with van der Waals surface area (Å²) in [6.07, 6.45) is 2.04. The molecule has 0 bridgehead atoms. The van der Waals surface area contributed by atoms with Gasteiger partial charge in [-0.2, -0.15) is 0 Å². The lowest BCUT2D eigenvalue weighted by atomic mass is 10.1. The van der Waals surface area contributed by atoms with E-state index in [9.17, 15) is 5.11 Å². The third-order valence-corrected chi connectivity index (χ3v) is 3.66. The Labute approximate surface area is 126 Å². The van der Waals surface area contributed by atoms with E-state index < -0.39 is 6.10 Å². The van der Waals surface area contributed by atoms with E-state index >= 15 is 0 Å². The Balaban J connectivity index is 1.71. The van der Waals surface area contributed by atoms with Gasteiger partial charge in [0.25, 0.3) is 0 Å². The van der Waals surface area contributed by atoms with Crippen LogP contribution in [0.4, 0.5) is 5.69 Å².